The molecule has 3 rings (SSSR count). The van der Waals surface area contributed by atoms with E-state index in [1.807, 2.05) is 23.7 Å². The van der Waals surface area contributed by atoms with Gasteiger partial charge in [0.05, 0.1) is 11.0 Å². The minimum absolute atomic E-state index is 0.134. The second-order valence-corrected chi connectivity index (χ2v) is 5.13. The largest absolute Gasteiger partial charge is 0.343 e. The van der Waals surface area contributed by atoms with Crippen LogP contribution in [-0.2, 0) is 7.05 Å². The number of hydrogen-bond acceptors (Lipinski definition) is 1. The van der Waals surface area contributed by atoms with Crippen molar-refractivity contribution in [2.75, 3.05) is 0 Å². The first-order valence-corrected chi connectivity index (χ1v) is 6.25. The van der Waals surface area contributed by atoms with Crippen molar-refractivity contribution in [3.8, 4) is 0 Å². The first kappa shape index (κ1) is 11.4. The van der Waals surface area contributed by atoms with Crippen molar-refractivity contribution in [2.45, 2.75) is 0 Å². The highest BCUT2D eigenvalue weighted by molar-refractivity contribution is 9.10. The summed E-state index contributed by atoms with van der Waals surface area (Å²) in [5, 5.41) is 1.01. The first-order chi connectivity index (χ1) is 8.58. The quantitative estimate of drug-likeness (QED) is 0.582. The molecule has 0 radical (unpaired) electrons. The summed E-state index contributed by atoms with van der Waals surface area (Å²) in [5.74, 6) is -0.393. The van der Waals surface area contributed by atoms with Gasteiger partial charge in [0.1, 0.15) is 5.82 Å². The highest BCUT2D eigenvalue weighted by Gasteiger charge is 2.09. The van der Waals surface area contributed by atoms with E-state index in [1.165, 1.54) is 12.1 Å². The zero-order chi connectivity index (χ0) is 12.9. The smallest absolute Gasteiger partial charge is 0.197 e. The summed E-state index contributed by atoms with van der Waals surface area (Å²) < 4.78 is 16.1. The normalized spacial score (nSPS) is 11.3. The van der Waals surface area contributed by atoms with Crippen LogP contribution in [0.15, 0.2) is 45.7 Å². The molecule has 0 aliphatic rings. The maximum absolute atomic E-state index is 13.3. The fraction of sp³-hybridized carbons (Fsp3) is 0.0714. The maximum Gasteiger partial charge on any atom is 0.197 e. The third kappa shape index (κ3) is 1.56. The van der Waals surface area contributed by atoms with Crippen LogP contribution in [-0.4, -0.2) is 4.57 Å². The first-order valence-electron chi connectivity index (χ1n) is 5.45. The van der Waals surface area contributed by atoms with Gasteiger partial charge in [0, 0.05) is 22.3 Å². The number of nitrogens with zero attached hydrogens (tertiary/aromatic N) is 1. The average Bonchev–Trinajstić information content (AvgIpc) is 2.36. The molecular formula is C14H9BrFNO. The van der Waals surface area contributed by atoms with Gasteiger partial charge in [-0.3, -0.25) is 4.79 Å². The second kappa shape index (κ2) is 3.92. The van der Waals surface area contributed by atoms with E-state index < -0.39 is 5.82 Å². The van der Waals surface area contributed by atoms with Gasteiger partial charge < -0.3 is 4.57 Å². The van der Waals surface area contributed by atoms with E-state index in [2.05, 4.69) is 15.9 Å². The van der Waals surface area contributed by atoms with Crippen molar-refractivity contribution in [3.63, 3.8) is 0 Å². The van der Waals surface area contributed by atoms with Crippen molar-refractivity contribution in [1.29, 1.82) is 0 Å². The Bertz CT molecular complexity index is 838. The van der Waals surface area contributed by atoms with Crippen molar-refractivity contribution < 1.29 is 4.39 Å². The highest BCUT2D eigenvalue weighted by atomic mass is 79.9. The lowest BCUT2D eigenvalue weighted by Gasteiger charge is -2.10. The zero-order valence-electron chi connectivity index (χ0n) is 9.58. The van der Waals surface area contributed by atoms with Gasteiger partial charge in [-0.1, -0.05) is 15.9 Å². The number of benzene rings is 2. The van der Waals surface area contributed by atoms with E-state index in [9.17, 15) is 9.18 Å². The molecule has 1 heterocycles. The Labute approximate surface area is 111 Å². The Morgan fingerprint density at radius 1 is 1.06 bits per heavy atom. The molecule has 2 aromatic carbocycles. The molecule has 0 fully saturated rings. The Balaban J connectivity index is 2.65. The molecule has 3 aromatic rings. The molecule has 2 nitrogen and oxygen atoms in total. The summed E-state index contributed by atoms with van der Waals surface area (Å²) in [6, 6.07) is 9.75. The Morgan fingerprint density at radius 2 is 1.83 bits per heavy atom. The number of fused-ring (bicyclic) bond motifs is 2. The predicted molar refractivity (Wildman–Crippen MR) is 74.4 cm³/mol. The van der Waals surface area contributed by atoms with E-state index in [0.29, 0.717) is 10.8 Å². The van der Waals surface area contributed by atoms with Crippen LogP contribution in [0.4, 0.5) is 4.39 Å². The van der Waals surface area contributed by atoms with Gasteiger partial charge in [-0.2, -0.15) is 0 Å². The number of aromatic nitrogens is 1. The van der Waals surface area contributed by atoms with Crippen molar-refractivity contribution in [1.82, 2.24) is 4.57 Å². The van der Waals surface area contributed by atoms with Gasteiger partial charge in [-0.25, -0.2) is 4.39 Å². The van der Waals surface area contributed by atoms with Crippen LogP contribution < -0.4 is 5.43 Å². The Kier molecular flexibility index (Phi) is 2.48. The molecule has 0 atom stereocenters. The molecule has 0 saturated carbocycles. The van der Waals surface area contributed by atoms with Crippen molar-refractivity contribution in [3.05, 3.63) is 56.9 Å². The zero-order valence-corrected chi connectivity index (χ0v) is 11.2. The minimum Gasteiger partial charge on any atom is -0.343 e. The number of halogens is 2. The van der Waals surface area contributed by atoms with Crippen molar-refractivity contribution in [2.24, 2.45) is 7.05 Å². The molecule has 4 heteroatoms. The third-order valence-corrected chi connectivity index (χ3v) is 3.62. The fourth-order valence-corrected chi connectivity index (χ4v) is 2.58. The van der Waals surface area contributed by atoms with Crippen LogP contribution in [0, 0.1) is 5.82 Å². The van der Waals surface area contributed by atoms with Crippen LogP contribution >= 0.6 is 15.9 Å². The summed E-state index contributed by atoms with van der Waals surface area (Å²) in [6.45, 7) is 0. The van der Waals surface area contributed by atoms with E-state index in [4.69, 9.17) is 0 Å². The molecule has 0 bridgehead atoms. The lowest BCUT2D eigenvalue weighted by atomic mass is 10.1. The van der Waals surface area contributed by atoms with Gasteiger partial charge in [-0.15, -0.1) is 0 Å². The SMILES string of the molecule is Cn1c2ccc(F)cc2c(=O)c2ccc(Br)cc21. The van der Waals surface area contributed by atoms with Crippen molar-refractivity contribution >= 4 is 37.7 Å². The number of rotatable bonds is 0. The summed E-state index contributed by atoms with van der Waals surface area (Å²) >= 11 is 3.39. The molecule has 0 aliphatic carbocycles. The van der Waals surface area contributed by atoms with Gasteiger partial charge in [-0.05, 0) is 36.4 Å². The summed E-state index contributed by atoms with van der Waals surface area (Å²) in [5.41, 5.74) is 1.42. The Morgan fingerprint density at radius 3 is 2.61 bits per heavy atom. The van der Waals surface area contributed by atoms with Crippen LogP contribution in [0.3, 0.4) is 0 Å². The molecule has 0 N–H and O–H groups in total. The summed E-state index contributed by atoms with van der Waals surface area (Å²) in [7, 11) is 1.87. The lowest BCUT2D eigenvalue weighted by molar-refractivity contribution is 0.629. The van der Waals surface area contributed by atoms with Gasteiger partial charge in [0.2, 0.25) is 0 Å². The minimum atomic E-state index is -0.393. The molecule has 0 spiro atoms. The van der Waals surface area contributed by atoms with Crippen LogP contribution in [0.25, 0.3) is 21.8 Å². The summed E-state index contributed by atoms with van der Waals surface area (Å²) in [4.78, 5) is 12.3. The highest BCUT2D eigenvalue weighted by Crippen LogP contribution is 2.21. The molecule has 0 unspecified atom stereocenters. The molecule has 0 amide bonds. The van der Waals surface area contributed by atoms with Crippen LogP contribution in [0.1, 0.15) is 0 Å². The van der Waals surface area contributed by atoms with E-state index >= 15 is 0 Å². The monoisotopic (exact) mass is 305 g/mol. The number of aryl methyl sites for hydroxylation is 1. The molecule has 1 aromatic heterocycles. The second-order valence-electron chi connectivity index (χ2n) is 4.21. The predicted octanol–water partition coefficient (Wildman–Crippen LogP) is 3.59. The van der Waals surface area contributed by atoms with Crippen LogP contribution in [0.5, 0.6) is 0 Å². The van der Waals surface area contributed by atoms with E-state index in [0.717, 1.165) is 15.5 Å². The Hall–Kier alpha value is -1.68. The van der Waals surface area contributed by atoms with E-state index in [1.54, 1.807) is 12.1 Å². The molecular weight excluding hydrogens is 297 g/mol. The topological polar surface area (TPSA) is 22.0 Å². The fourth-order valence-electron chi connectivity index (χ4n) is 2.23. The van der Waals surface area contributed by atoms with Gasteiger partial charge >= 0.3 is 0 Å². The molecule has 90 valence electrons. The number of pyridine rings is 1. The standard InChI is InChI=1S/C14H9BrFNO/c1-17-12-5-3-9(16)7-11(12)14(18)10-4-2-8(15)6-13(10)17/h2-7H,1H3. The molecule has 0 saturated heterocycles. The van der Waals surface area contributed by atoms with Crippen LogP contribution in [0.2, 0.25) is 0 Å². The van der Waals surface area contributed by atoms with E-state index in [-0.39, 0.29) is 5.43 Å². The number of hydrogen-bond donors (Lipinski definition) is 0. The third-order valence-electron chi connectivity index (χ3n) is 3.13. The molecule has 18 heavy (non-hydrogen) atoms. The summed E-state index contributed by atoms with van der Waals surface area (Å²) in [6.07, 6.45) is 0. The van der Waals surface area contributed by atoms with Gasteiger partial charge in [0.25, 0.3) is 0 Å². The maximum atomic E-state index is 13.3. The average molecular weight is 306 g/mol. The molecule has 0 aliphatic heterocycles. The lowest BCUT2D eigenvalue weighted by Crippen LogP contribution is -2.09. The van der Waals surface area contributed by atoms with Gasteiger partial charge in [0.15, 0.2) is 5.43 Å².